The van der Waals surface area contributed by atoms with Gasteiger partial charge in [0, 0.05) is 9.52 Å². The van der Waals surface area contributed by atoms with Crippen molar-refractivity contribution in [3.63, 3.8) is 0 Å². The summed E-state index contributed by atoms with van der Waals surface area (Å²) in [7, 11) is 11.0. The summed E-state index contributed by atoms with van der Waals surface area (Å²) in [5.41, 5.74) is 8.52. The molecule has 0 aliphatic carbocycles. The SMILES string of the molecule is CCCC(C)c1cc2c(C(C)CC)cccc2[cH-]1.CCc1cc2c(-c3ccc(C(C)C)cc3)cccc2[cH-]1.C[Si]C.[Cl][Zr+2][Cl]. The quantitative estimate of drug-likeness (QED) is 0.110. The van der Waals surface area contributed by atoms with E-state index in [2.05, 4.69) is 146 Å². The van der Waals surface area contributed by atoms with Crippen molar-refractivity contribution < 1.29 is 20.8 Å². The Morgan fingerprint density at radius 3 is 1.89 bits per heavy atom. The molecule has 0 bridgehead atoms. The van der Waals surface area contributed by atoms with Crippen molar-refractivity contribution in [2.24, 2.45) is 0 Å². The first-order chi connectivity index (χ1) is 21.2. The second-order valence-electron chi connectivity index (χ2n) is 12.0. The summed E-state index contributed by atoms with van der Waals surface area (Å²) >= 11 is -0.826. The zero-order valence-corrected chi connectivity index (χ0v) is 33.4. The summed E-state index contributed by atoms with van der Waals surface area (Å²) < 4.78 is 0. The second-order valence-corrected chi connectivity index (χ2v) is 16.7. The molecular weight excluding hydrogens is 671 g/mol. The van der Waals surface area contributed by atoms with Gasteiger partial charge in [0.1, 0.15) is 0 Å². The van der Waals surface area contributed by atoms with Crippen molar-refractivity contribution in [3.8, 4) is 11.1 Å². The molecule has 0 saturated carbocycles. The molecule has 0 N–H and O–H groups in total. The van der Waals surface area contributed by atoms with Crippen molar-refractivity contribution in [2.45, 2.75) is 105 Å². The van der Waals surface area contributed by atoms with Crippen LogP contribution in [-0.2, 0) is 27.3 Å². The molecule has 2 atom stereocenters. The Balaban J connectivity index is 0.000000262. The van der Waals surface area contributed by atoms with Crippen molar-refractivity contribution in [1.29, 1.82) is 0 Å². The first kappa shape index (κ1) is 38.7. The summed E-state index contributed by atoms with van der Waals surface area (Å²) in [5.74, 6) is 1.93. The fourth-order valence-corrected chi connectivity index (χ4v) is 5.62. The molecule has 0 aromatic heterocycles. The van der Waals surface area contributed by atoms with Gasteiger partial charge in [-0.3, -0.25) is 0 Å². The molecule has 0 spiro atoms. The number of halogens is 2. The molecule has 4 heteroatoms. The first-order valence-electron chi connectivity index (χ1n) is 16.2. The fourth-order valence-electron chi connectivity index (χ4n) is 5.62. The fraction of sp³-hybridized carbons (Fsp3) is 0.400. The van der Waals surface area contributed by atoms with Crippen LogP contribution in [-0.4, -0.2) is 9.52 Å². The summed E-state index contributed by atoms with van der Waals surface area (Å²) in [4.78, 5) is 0. The van der Waals surface area contributed by atoms with Gasteiger partial charge in [0.15, 0.2) is 0 Å². The summed E-state index contributed by atoms with van der Waals surface area (Å²) in [6.45, 7) is 20.2. The Morgan fingerprint density at radius 1 is 0.750 bits per heavy atom. The molecule has 0 amide bonds. The molecule has 5 aromatic carbocycles. The topological polar surface area (TPSA) is 0 Å². The first-order valence-corrected chi connectivity index (χ1v) is 24.5. The van der Waals surface area contributed by atoms with Crippen LogP contribution in [0.15, 0.2) is 84.9 Å². The molecule has 0 fully saturated rings. The molecule has 0 aliphatic heterocycles. The minimum atomic E-state index is -0.826. The van der Waals surface area contributed by atoms with Gasteiger partial charge in [0.25, 0.3) is 0 Å². The zero-order valence-electron chi connectivity index (χ0n) is 28.4. The number of benzene rings is 3. The molecule has 5 rings (SSSR count). The Bertz CT molecular complexity index is 1490. The van der Waals surface area contributed by atoms with Crippen LogP contribution < -0.4 is 0 Å². The maximum absolute atomic E-state index is 4.93. The van der Waals surface area contributed by atoms with E-state index in [-0.39, 0.29) is 0 Å². The number of aryl methyl sites for hydroxylation is 1. The van der Waals surface area contributed by atoms with E-state index in [0.29, 0.717) is 17.8 Å². The number of hydrogen-bond donors (Lipinski definition) is 0. The van der Waals surface area contributed by atoms with Crippen LogP contribution in [0.3, 0.4) is 0 Å². The van der Waals surface area contributed by atoms with Crippen LogP contribution in [0.25, 0.3) is 32.7 Å². The number of rotatable bonds is 8. The predicted octanol–water partition coefficient (Wildman–Crippen LogP) is 14.1. The molecular formula is C40H52Cl2SiZr. The van der Waals surface area contributed by atoms with Gasteiger partial charge in [0.2, 0.25) is 0 Å². The van der Waals surface area contributed by atoms with Gasteiger partial charge in [-0.05, 0) is 41.7 Å². The monoisotopic (exact) mass is 720 g/mol. The molecule has 2 unspecified atom stereocenters. The molecule has 0 saturated heterocycles. The van der Waals surface area contributed by atoms with Crippen molar-refractivity contribution in [2.75, 3.05) is 0 Å². The third kappa shape index (κ3) is 11.1. The van der Waals surface area contributed by atoms with Crippen LogP contribution >= 0.6 is 17.0 Å². The standard InChI is InChI=1S/C20H21.C18H25.C2H6Si.2ClH.Zr/c1-4-15-12-18-6-5-7-19(20(18)13-15)17-10-8-16(9-11-17)14(2)3;1-5-8-14(4)16-11-15-9-7-10-17(13(3)6-2)18(15)12-16;1-3-2;;;/h5-14H,4H2,1-3H3;7,9-14H,5-6,8H2,1-4H3;1-2H3;2*1H;/q2*-1;;;;+4/p-2. The molecule has 0 heterocycles. The summed E-state index contributed by atoms with van der Waals surface area (Å²) in [5, 5.41) is 5.63. The van der Waals surface area contributed by atoms with E-state index >= 15 is 0 Å². The number of hydrogen-bond acceptors (Lipinski definition) is 0. The average molecular weight is 723 g/mol. The third-order valence-electron chi connectivity index (χ3n) is 8.35. The average Bonchev–Trinajstić information content (AvgIpc) is 3.66. The normalized spacial score (nSPS) is 11.9. The Morgan fingerprint density at radius 2 is 1.34 bits per heavy atom. The third-order valence-corrected chi connectivity index (χ3v) is 8.35. The van der Waals surface area contributed by atoms with E-state index < -0.39 is 20.8 Å². The van der Waals surface area contributed by atoms with Crippen LogP contribution in [0.1, 0.15) is 108 Å². The van der Waals surface area contributed by atoms with Crippen molar-refractivity contribution in [1.82, 2.24) is 0 Å². The van der Waals surface area contributed by atoms with Gasteiger partial charge in [-0.25, -0.2) is 0 Å². The van der Waals surface area contributed by atoms with Crippen molar-refractivity contribution in [3.05, 3.63) is 107 Å². The minimum absolute atomic E-state index is 0.588. The van der Waals surface area contributed by atoms with Gasteiger partial charge in [0.05, 0.1) is 0 Å². The second kappa shape index (κ2) is 20.6. The van der Waals surface area contributed by atoms with Gasteiger partial charge < -0.3 is 0 Å². The van der Waals surface area contributed by atoms with Gasteiger partial charge >= 0.3 is 37.9 Å². The van der Waals surface area contributed by atoms with E-state index in [0.717, 1.165) is 15.9 Å². The summed E-state index contributed by atoms with van der Waals surface area (Å²) in [6, 6.07) is 31.8. The van der Waals surface area contributed by atoms with E-state index in [9.17, 15) is 0 Å². The Kier molecular flexibility index (Phi) is 18.2. The molecule has 0 nitrogen and oxygen atoms in total. The molecule has 5 aromatic rings. The predicted molar refractivity (Wildman–Crippen MR) is 199 cm³/mol. The van der Waals surface area contributed by atoms with Gasteiger partial charge in [-0.2, -0.15) is 12.1 Å². The van der Waals surface area contributed by atoms with Crippen LogP contribution in [0.5, 0.6) is 0 Å². The van der Waals surface area contributed by atoms with E-state index in [1.807, 2.05) is 0 Å². The van der Waals surface area contributed by atoms with E-state index in [1.54, 1.807) is 0 Å². The molecule has 44 heavy (non-hydrogen) atoms. The van der Waals surface area contributed by atoms with Crippen LogP contribution in [0.4, 0.5) is 0 Å². The number of fused-ring (bicyclic) bond motifs is 2. The van der Waals surface area contributed by atoms with Crippen LogP contribution in [0.2, 0.25) is 13.1 Å². The molecule has 234 valence electrons. The Hall–Kier alpha value is -1.44. The zero-order chi connectivity index (χ0) is 32.6. The van der Waals surface area contributed by atoms with E-state index in [4.69, 9.17) is 17.0 Å². The van der Waals surface area contributed by atoms with E-state index in [1.165, 1.54) is 74.2 Å². The summed E-state index contributed by atoms with van der Waals surface area (Å²) in [6.07, 6.45) is 4.86. The molecule has 0 aliphatic rings. The van der Waals surface area contributed by atoms with Gasteiger partial charge in [-0.15, -0.1) is 69.1 Å². The Labute approximate surface area is 290 Å². The van der Waals surface area contributed by atoms with Crippen LogP contribution in [0, 0.1) is 0 Å². The molecule has 2 radical (unpaired) electrons. The maximum atomic E-state index is 4.93. The van der Waals surface area contributed by atoms with Gasteiger partial charge in [-0.1, -0.05) is 122 Å². The van der Waals surface area contributed by atoms with Crippen molar-refractivity contribution >= 4 is 48.1 Å².